The van der Waals surface area contributed by atoms with Gasteiger partial charge in [-0.15, -0.1) is 11.8 Å². The average Bonchev–Trinajstić information content (AvgIpc) is 2.72. The number of benzene rings is 2. The molecule has 156 valence electrons. The molecule has 0 saturated carbocycles. The van der Waals surface area contributed by atoms with E-state index in [0.29, 0.717) is 23.1 Å². The number of halogens is 1. The van der Waals surface area contributed by atoms with Gasteiger partial charge < -0.3 is 10.2 Å². The first-order chi connectivity index (χ1) is 13.9. The Balaban J connectivity index is 2.04. The van der Waals surface area contributed by atoms with Crippen molar-refractivity contribution in [1.29, 1.82) is 0 Å². The van der Waals surface area contributed by atoms with Gasteiger partial charge in [-0.05, 0) is 43.5 Å². The van der Waals surface area contributed by atoms with Gasteiger partial charge in [-0.2, -0.15) is 0 Å². The van der Waals surface area contributed by atoms with Gasteiger partial charge in [0.15, 0.2) is 0 Å². The zero-order valence-electron chi connectivity index (χ0n) is 17.2. The Bertz CT molecular complexity index is 800. The summed E-state index contributed by atoms with van der Waals surface area (Å²) in [5.41, 5.74) is 2.08. The standard InChI is InChI=1S/C23H29ClN2O2S/c1-4-17(2)25-23(28)18(3)26(14-19-9-6-5-7-10-19)22(27)16-29-15-20-11-8-12-21(24)13-20/h5-13,17-18H,4,14-16H2,1-3H3,(H,25,28). The fourth-order valence-corrected chi connectivity index (χ4v) is 3.86. The Hall–Kier alpha value is -1.98. The summed E-state index contributed by atoms with van der Waals surface area (Å²) in [6.45, 7) is 6.19. The number of carbonyl (C=O) groups is 2. The monoisotopic (exact) mass is 432 g/mol. The summed E-state index contributed by atoms with van der Waals surface area (Å²) in [7, 11) is 0. The van der Waals surface area contributed by atoms with E-state index >= 15 is 0 Å². The molecule has 0 spiro atoms. The van der Waals surface area contributed by atoms with Crippen molar-refractivity contribution in [1.82, 2.24) is 10.2 Å². The molecule has 0 aliphatic heterocycles. The maximum atomic E-state index is 13.0. The van der Waals surface area contributed by atoms with Gasteiger partial charge >= 0.3 is 0 Å². The fourth-order valence-electron chi connectivity index (χ4n) is 2.79. The second-order valence-corrected chi connectivity index (χ2v) is 8.55. The second kappa shape index (κ2) is 11.9. The Labute approximate surface area is 183 Å². The van der Waals surface area contributed by atoms with Crippen molar-refractivity contribution < 1.29 is 9.59 Å². The number of rotatable bonds is 10. The summed E-state index contributed by atoms with van der Waals surface area (Å²) >= 11 is 7.56. The van der Waals surface area contributed by atoms with E-state index in [9.17, 15) is 9.59 Å². The van der Waals surface area contributed by atoms with E-state index in [1.165, 1.54) is 11.8 Å². The lowest BCUT2D eigenvalue weighted by atomic mass is 10.1. The van der Waals surface area contributed by atoms with Crippen LogP contribution in [0.4, 0.5) is 0 Å². The van der Waals surface area contributed by atoms with Crippen LogP contribution in [0.2, 0.25) is 5.02 Å². The van der Waals surface area contributed by atoms with Gasteiger partial charge in [0.1, 0.15) is 6.04 Å². The summed E-state index contributed by atoms with van der Waals surface area (Å²) < 4.78 is 0. The van der Waals surface area contributed by atoms with Crippen LogP contribution in [0.1, 0.15) is 38.3 Å². The third-order valence-corrected chi connectivity index (χ3v) is 5.97. The normalized spacial score (nSPS) is 12.8. The number of thioether (sulfide) groups is 1. The summed E-state index contributed by atoms with van der Waals surface area (Å²) in [6, 6.07) is 16.9. The van der Waals surface area contributed by atoms with Crippen LogP contribution in [-0.4, -0.2) is 34.6 Å². The predicted octanol–water partition coefficient (Wildman–Crippen LogP) is 4.91. The smallest absolute Gasteiger partial charge is 0.242 e. The molecule has 0 heterocycles. The van der Waals surface area contributed by atoms with E-state index in [1.54, 1.807) is 11.8 Å². The van der Waals surface area contributed by atoms with E-state index in [-0.39, 0.29) is 17.9 Å². The van der Waals surface area contributed by atoms with Gasteiger partial charge in [-0.25, -0.2) is 0 Å². The molecule has 0 radical (unpaired) electrons. The van der Waals surface area contributed by atoms with Crippen LogP contribution in [0.15, 0.2) is 54.6 Å². The van der Waals surface area contributed by atoms with Crippen molar-refractivity contribution in [2.24, 2.45) is 0 Å². The van der Waals surface area contributed by atoms with Gasteiger partial charge in [0.25, 0.3) is 0 Å². The van der Waals surface area contributed by atoms with Crippen LogP contribution in [0, 0.1) is 0 Å². The minimum absolute atomic E-state index is 0.0484. The van der Waals surface area contributed by atoms with Crippen molar-refractivity contribution in [3.05, 3.63) is 70.7 Å². The van der Waals surface area contributed by atoms with Crippen LogP contribution < -0.4 is 5.32 Å². The van der Waals surface area contributed by atoms with Crippen molar-refractivity contribution in [2.45, 2.75) is 51.6 Å². The molecule has 2 amide bonds. The first kappa shape index (κ1) is 23.3. The predicted molar refractivity (Wildman–Crippen MR) is 122 cm³/mol. The lowest BCUT2D eigenvalue weighted by Gasteiger charge is -2.29. The average molecular weight is 433 g/mol. The Morgan fingerprint density at radius 2 is 1.76 bits per heavy atom. The zero-order valence-corrected chi connectivity index (χ0v) is 18.8. The highest BCUT2D eigenvalue weighted by Gasteiger charge is 2.26. The summed E-state index contributed by atoms with van der Waals surface area (Å²) in [4.78, 5) is 27.3. The van der Waals surface area contributed by atoms with Gasteiger partial charge in [-0.1, -0.05) is 61.0 Å². The number of nitrogens with one attached hydrogen (secondary N) is 1. The van der Waals surface area contributed by atoms with Gasteiger partial charge in [0.05, 0.1) is 5.75 Å². The number of carbonyl (C=O) groups excluding carboxylic acids is 2. The van der Waals surface area contributed by atoms with Crippen molar-refractivity contribution in [2.75, 3.05) is 5.75 Å². The molecule has 1 N–H and O–H groups in total. The molecular formula is C23H29ClN2O2S. The molecular weight excluding hydrogens is 404 g/mol. The first-order valence-electron chi connectivity index (χ1n) is 9.86. The van der Waals surface area contributed by atoms with Crippen molar-refractivity contribution in [3.63, 3.8) is 0 Å². The van der Waals surface area contributed by atoms with E-state index < -0.39 is 6.04 Å². The van der Waals surface area contributed by atoms with Crippen LogP contribution in [0.3, 0.4) is 0 Å². The highest BCUT2D eigenvalue weighted by Crippen LogP contribution is 2.18. The van der Waals surface area contributed by atoms with Crippen molar-refractivity contribution >= 4 is 35.2 Å². The molecule has 0 aliphatic rings. The Morgan fingerprint density at radius 3 is 2.41 bits per heavy atom. The Morgan fingerprint density at radius 1 is 1.07 bits per heavy atom. The largest absolute Gasteiger partial charge is 0.352 e. The lowest BCUT2D eigenvalue weighted by Crippen LogP contribution is -2.50. The summed E-state index contributed by atoms with van der Waals surface area (Å²) in [6.07, 6.45) is 0.848. The molecule has 2 unspecified atom stereocenters. The number of hydrogen-bond donors (Lipinski definition) is 1. The molecule has 4 nitrogen and oxygen atoms in total. The molecule has 2 atom stereocenters. The van der Waals surface area contributed by atoms with Crippen LogP contribution >= 0.6 is 23.4 Å². The van der Waals surface area contributed by atoms with Gasteiger partial charge in [0.2, 0.25) is 11.8 Å². The molecule has 6 heteroatoms. The van der Waals surface area contributed by atoms with E-state index in [4.69, 9.17) is 11.6 Å². The number of amides is 2. The van der Waals surface area contributed by atoms with Crippen LogP contribution in [0.5, 0.6) is 0 Å². The highest BCUT2D eigenvalue weighted by molar-refractivity contribution is 7.99. The maximum absolute atomic E-state index is 13.0. The summed E-state index contributed by atoms with van der Waals surface area (Å²) in [5.74, 6) is 0.829. The zero-order chi connectivity index (χ0) is 21.2. The molecule has 2 aromatic rings. The molecule has 2 aromatic carbocycles. The lowest BCUT2D eigenvalue weighted by molar-refractivity contribution is -0.138. The molecule has 0 bridgehead atoms. The van der Waals surface area contributed by atoms with Crippen molar-refractivity contribution in [3.8, 4) is 0 Å². The molecule has 0 fully saturated rings. The van der Waals surface area contributed by atoms with Crippen LogP contribution in [0.25, 0.3) is 0 Å². The Kier molecular flexibility index (Phi) is 9.55. The first-order valence-corrected chi connectivity index (χ1v) is 11.4. The number of nitrogens with zero attached hydrogens (tertiary/aromatic N) is 1. The van der Waals surface area contributed by atoms with E-state index in [0.717, 1.165) is 17.5 Å². The fraction of sp³-hybridized carbons (Fsp3) is 0.391. The second-order valence-electron chi connectivity index (χ2n) is 7.12. The molecule has 0 aromatic heterocycles. The van der Waals surface area contributed by atoms with E-state index in [2.05, 4.69) is 5.32 Å². The maximum Gasteiger partial charge on any atom is 0.242 e. The minimum Gasteiger partial charge on any atom is -0.352 e. The van der Waals surface area contributed by atoms with E-state index in [1.807, 2.05) is 68.4 Å². The topological polar surface area (TPSA) is 49.4 Å². The molecule has 2 rings (SSSR count). The highest BCUT2D eigenvalue weighted by atomic mass is 35.5. The van der Waals surface area contributed by atoms with Gasteiger partial charge in [0, 0.05) is 23.4 Å². The van der Waals surface area contributed by atoms with Crippen LogP contribution in [-0.2, 0) is 21.9 Å². The number of hydrogen-bond acceptors (Lipinski definition) is 3. The van der Waals surface area contributed by atoms with Gasteiger partial charge in [-0.3, -0.25) is 9.59 Å². The quantitative estimate of drug-likeness (QED) is 0.580. The minimum atomic E-state index is -0.538. The molecule has 0 saturated heterocycles. The third-order valence-electron chi connectivity index (χ3n) is 4.75. The summed E-state index contributed by atoms with van der Waals surface area (Å²) in [5, 5.41) is 3.67. The SMILES string of the molecule is CCC(C)NC(=O)C(C)N(Cc1ccccc1)C(=O)CSCc1cccc(Cl)c1. The molecule has 29 heavy (non-hydrogen) atoms. The molecule has 0 aliphatic carbocycles. The third kappa shape index (κ3) is 7.75.